The zero-order chi connectivity index (χ0) is 13.8. The molecule has 2 rings (SSSR count). The topological polar surface area (TPSA) is 86.4 Å². The number of hydrogen-bond donors (Lipinski definition) is 1. The van der Waals surface area contributed by atoms with Gasteiger partial charge in [-0.3, -0.25) is 19.3 Å². The summed E-state index contributed by atoms with van der Waals surface area (Å²) < 4.78 is 0. The van der Waals surface area contributed by atoms with Crippen molar-refractivity contribution in [2.75, 3.05) is 32.7 Å². The molecule has 0 aromatic carbocycles. The smallest absolute Gasteiger partial charge is 0.274 e. The van der Waals surface area contributed by atoms with Crippen molar-refractivity contribution in [3.8, 4) is 0 Å². The van der Waals surface area contributed by atoms with Crippen LogP contribution in [0.4, 0.5) is 0 Å². The number of Topliss-reactive ketones (excluding diaryl/α,β-unsaturated/α-hetero) is 1. The number of aromatic amines is 1. The maximum absolute atomic E-state index is 12.1. The molecule has 0 radical (unpaired) electrons. The molecule has 1 aromatic heterocycles. The minimum Gasteiger partial charge on any atom is -0.335 e. The SMILES string of the molecule is CC(=O)CN1CCN(C(=O)c2ccc(=O)[nH]n2)CC1. The first-order valence-electron chi connectivity index (χ1n) is 6.13. The number of carbonyl (C=O) groups is 2. The molecule has 19 heavy (non-hydrogen) atoms. The highest BCUT2D eigenvalue weighted by molar-refractivity contribution is 5.92. The number of hydrogen-bond acceptors (Lipinski definition) is 5. The van der Waals surface area contributed by atoms with Crippen LogP contribution in [0.15, 0.2) is 16.9 Å². The maximum atomic E-state index is 12.1. The van der Waals surface area contributed by atoms with Crippen LogP contribution in [0.3, 0.4) is 0 Å². The van der Waals surface area contributed by atoms with Gasteiger partial charge < -0.3 is 4.90 Å². The van der Waals surface area contributed by atoms with Crippen LogP contribution in [0.5, 0.6) is 0 Å². The standard InChI is InChI=1S/C12H16N4O3/c1-9(17)8-15-4-6-16(7-5-15)12(19)10-2-3-11(18)14-13-10/h2-3H,4-8H2,1H3,(H,14,18). The van der Waals surface area contributed by atoms with Crippen molar-refractivity contribution >= 4 is 11.7 Å². The van der Waals surface area contributed by atoms with E-state index in [0.717, 1.165) is 0 Å². The lowest BCUT2D eigenvalue weighted by atomic mass is 10.2. The Balaban J connectivity index is 1.94. The predicted octanol–water partition coefficient (Wildman–Crippen LogP) is -0.883. The summed E-state index contributed by atoms with van der Waals surface area (Å²) in [7, 11) is 0. The third-order valence-corrected chi connectivity index (χ3v) is 3.00. The van der Waals surface area contributed by atoms with Crippen LogP contribution >= 0.6 is 0 Å². The summed E-state index contributed by atoms with van der Waals surface area (Å²) in [5, 5.41) is 5.97. The molecule has 102 valence electrons. The first-order chi connectivity index (χ1) is 9.06. The Morgan fingerprint density at radius 1 is 1.26 bits per heavy atom. The Morgan fingerprint density at radius 2 is 1.95 bits per heavy atom. The Kier molecular flexibility index (Phi) is 4.06. The number of ketones is 1. The molecule has 0 bridgehead atoms. The fourth-order valence-electron chi connectivity index (χ4n) is 2.05. The van der Waals surface area contributed by atoms with Crippen LogP contribution in [-0.2, 0) is 4.79 Å². The van der Waals surface area contributed by atoms with Crippen LogP contribution in [0, 0.1) is 0 Å². The largest absolute Gasteiger partial charge is 0.335 e. The van der Waals surface area contributed by atoms with Crippen LogP contribution in [0.1, 0.15) is 17.4 Å². The first-order valence-corrected chi connectivity index (χ1v) is 6.13. The molecule has 1 aliphatic heterocycles. The fourth-order valence-corrected chi connectivity index (χ4v) is 2.05. The summed E-state index contributed by atoms with van der Waals surface area (Å²) in [4.78, 5) is 37.7. The molecule has 1 aliphatic rings. The van der Waals surface area contributed by atoms with Gasteiger partial charge in [0.15, 0.2) is 0 Å². The van der Waals surface area contributed by atoms with Gasteiger partial charge in [0.1, 0.15) is 11.5 Å². The molecule has 1 amide bonds. The number of nitrogens with one attached hydrogen (secondary N) is 1. The van der Waals surface area contributed by atoms with Gasteiger partial charge in [-0.15, -0.1) is 0 Å². The van der Waals surface area contributed by atoms with E-state index < -0.39 is 0 Å². The third-order valence-electron chi connectivity index (χ3n) is 3.00. The number of rotatable bonds is 3. The average Bonchev–Trinajstić information content (AvgIpc) is 2.39. The van der Waals surface area contributed by atoms with Crippen molar-refractivity contribution in [1.82, 2.24) is 20.0 Å². The molecule has 0 unspecified atom stereocenters. The Morgan fingerprint density at radius 3 is 2.47 bits per heavy atom. The molecule has 0 atom stereocenters. The van der Waals surface area contributed by atoms with E-state index in [1.54, 1.807) is 11.8 Å². The second-order valence-corrected chi connectivity index (χ2v) is 4.58. The average molecular weight is 264 g/mol. The minimum absolute atomic E-state index is 0.127. The number of H-pyrrole nitrogens is 1. The van der Waals surface area contributed by atoms with Crippen LogP contribution < -0.4 is 5.56 Å². The van der Waals surface area contributed by atoms with Crippen molar-refractivity contribution in [3.63, 3.8) is 0 Å². The fraction of sp³-hybridized carbons (Fsp3) is 0.500. The van der Waals surface area contributed by atoms with Crippen molar-refractivity contribution in [2.45, 2.75) is 6.92 Å². The zero-order valence-corrected chi connectivity index (χ0v) is 10.8. The second kappa shape index (κ2) is 5.75. The van der Waals surface area contributed by atoms with Crippen LogP contribution in [0.25, 0.3) is 0 Å². The van der Waals surface area contributed by atoms with Crippen molar-refractivity contribution in [2.24, 2.45) is 0 Å². The van der Waals surface area contributed by atoms with Gasteiger partial charge in [0, 0.05) is 32.2 Å². The molecule has 7 nitrogen and oxygen atoms in total. The number of amides is 1. The summed E-state index contributed by atoms with van der Waals surface area (Å²) in [6.07, 6.45) is 0. The second-order valence-electron chi connectivity index (χ2n) is 4.58. The maximum Gasteiger partial charge on any atom is 0.274 e. The molecule has 0 spiro atoms. The summed E-state index contributed by atoms with van der Waals surface area (Å²) in [5.74, 6) is -0.0687. The highest BCUT2D eigenvalue weighted by Crippen LogP contribution is 2.05. The van der Waals surface area contributed by atoms with E-state index in [0.29, 0.717) is 32.7 Å². The molecule has 1 fully saturated rings. The number of piperazine rings is 1. The normalized spacial score (nSPS) is 16.4. The predicted molar refractivity (Wildman–Crippen MR) is 67.9 cm³/mol. The highest BCUT2D eigenvalue weighted by Gasteiger charge is 2.23. The van der Waals surface area contributed by atoms with Crippen molar-refractivity contribution < 1.29 is 9.59 Å². The summed E-state index contributed by atoms with van der Waals surface area (Å²) in [6, 6.07) is 2.70. The molecule has 1 aromatic rings. The Labute approximate surface area is 110 Å². The van der Waals surface area contributed by atoms with E-state index in [1.807, 2.05) is 4.90 Å². The minimum atomic E-state index is -0.331. The van der Waals surface area contributed by atoms with E-state index in [1.165, 1.54) is 12.1 Å². The van der Waals surface area contributed by atoms with Gasteiger partial charge in [-0.25, -0.2) is 5.10 Å². The first kappa shape index (κ1) is 13.4. The molecule has 0 aliphatic carbocycles. The van der Waals surface area contributed by atoms with Crippen molar-refractivity contribution in [3.05, 3.63) is 28.2 Å². The summed E-state index contributed by atoms with van der Waals surface area (Å²) in [5.41, 5.74) is -0.0950. The van der Waals surface area contributed by atoms with Gasteiger partial charge in [-0.05, 0) is 13.0 Å². The quantitative estimate of drug-likeness (QED) is 0.766. The highest BCUT2D eigenvalue weighted by atomic mass is 16.2. The molecule has 7 heteroatoms. The summed E-state index contributed by atoms with van der Waals surface area (Å²) in [6.45, 7) is 4.46. The number of aromatic nitrogens is 2. The lowest BCUT2D eigenvalue weighted by Gasteiger charge is -2.33. The van der Waals surface area contributed by atoms with E-state index in [2.05, 4.69) is 10.2 Å². The van der Waals surface area contributed by atoms with Gasteiger partial charge in [0.05, 0.1) is 6.54 Å². The zero-order valence-electron chi connectivity index (χ0n) is 10.8. The van der Waals surface area contributed by atoms with Crippen molar-refractivity contribution in [1.29, 1.82) is 0 Å². The van der Waals surface area contributed by atoms with Gasteiger partial charge in [-0.1, -0.05) is 0 Å². The Bertz CT molecular complexity index is 512. The lowest BCUT2D eigenvalue weighted by Crippen LogP contribution is -2.49. The third kappa shape index (κ3) is 3.47. The van der Waals surface area contributed by atoms with Crippen LogP contribution in [0.2, 0.25) is 0 Å². The van der Waals surface area contributed by atoms with Gasteiger partial charge in [0.2, 0.25) is 0 Å². The summed E-state index contributed by atoms with van der Waals surface area (Å²) >= 11 is 0. The molecular formula is C12H16N4O3. The Hall–Kier alpha value is -2.02. The monoisotopic (exact) mass is 264 g/mol. The molecule has 1 saturated heterocycles. The van der Waals surface area contributed by atoms with E-state index in [-0.39, 0.29) is 22.9 Å². The van der Waals surface area contributed by atoms with Crippen LogP contribution in [-0.4, -0.2) is 64.4 Å². The van der Waals surface area contributed by atoms with Gasteiger partial charge in [0.25, 0.3) is 11.5 Å². The molecule has 2 heterocycles. The van der Waals surface area contributed by atoms with Gasteiger partial charge in [-0.2, -0.15) is 5.10 Å². The van der Waals surface area contributed by atoms with E-state index in [9.17, 15) is 14.4 Å². The number of carbonyl (C=O) groups excluding carboxylic acids is 2. The van der Waals surface area contributed by atoms with E-state index in [4.69, 9.17) is 0 Å². The number of nitrogens with zero attached hydrogens (tertiary/aromatic N) is 3. The van der Waals surface area contributed by atoms with E-state index >= 15 is 0 Å². The molecule has 1 N–H and O–H groups in total. The molecular weight excluding hydrogens is 248 g/mol. The lowest BCUT2D eigenvalue weighted by molar-refractivity contribution is -0.118. The molecule has 0 saturated carbocycles. The van der Waals surface area contributed by atoms with Gasteiger partial charge >= 0.3 is 0 Å².